The van der Waals surface area contributed by atoms with Gasteiger partial charge in [-0.1, -0.05) is 17.3 Å². The van der Waals surface area contributed by atoms with Gasteiger partial charge in [0.15, 0.2) is 12.2 Å². The van der Waals surface area contributed by atoms with E-state index < -0.39 is 5.97 Å². The second kappa shape index (κ2) is 9.89. The Bertz CT molecular complexity index is 1430. The molecule has 0 unspecified atom stereocenters. The topological polar surface area (TPSA) is 148 Å². The van der Waals surface area contributed by atoms with E-state index in [0.717, 1.165) is 30.7 Å². The third kappa shape index (κ3) is 4.62. The minimum Gasteiger partial charge on any atom is -0.475 e. The van der Waals surface area contributed by atoms with Gasteiger partial charge in [-0.05, 0) is 25.1 Å². The summed E-state index contributed by atoms with van der Waals surface area (Å²) in [5.41, 5.74) is 3.72. The smallest absolute Gasteiger partial charge is 0.373 e. The average Bonchev–Trinajstić information content (AvgIpc) is 3.56. The quantitative estimate of drug-likeness (QED) is 0.407. The average molecular weight is 487 g/mol. The van der Waals surface area contributed by atoms with Crippen LogP contribution in [-0.4, -0.2) is 52.5 Å². The van der Waals surface area contributed by atoms with Crippen molar-refractivity contribution < 1.29 is 28.3 Å². The van der Waals surface area contributed by atoms with E-state index in [0.29, 0.717) is 35.9 Å². The Hall–Kier alpha value is -4.69. The molecule has 3 aromatic heterocycles. The Labute approximate surface area is 205 Å². The highest BCUT2D eigenvalue weighted by Crippen LogP contribution is 2.34. The Balaban J connectivity index is 1.53. The molecule has 0 amide bonds. The van der Waals surface area contributed by atoms with Crippen LogP contribution in [0.1, 0.15) is 27.5 Å². The van der Waals surface area contributed by atoms with Gasteiger partial charge >= 0.3 is 5.97 Å². The Morgan fingerprint density at radius 3 is 2.67 bits per heavy atom. The molecule has 0 atom stereocenters. The zero-order chi connectivity index (χ0) is 25.1. The molecule has 5 rings (SSSR count). The first kappa shape index (κ1) is 23.1. The summed E-state index contributed by atoms with van der Waals surface area (Å²) in [6, 6.07) is 13.5. The van der Waals surface area contributed by atoms with Gasteiger partial charge in [0, 0.05) is 36.0 Å². The number of pyridine rings is 1. The summed E-state index contributed by atoms with van der Waals surface area (Å²) in [5.74, 6) is -1.22. The van der Waals surface area contributed by atoms with Crippen LogP contribution in [0, 0.1) is 18.3 Å². The molecule has 0 saturated carbocycles. The zero-order valence-corrected chi connectivity index (χ0v) is 19.3. The highest BCUT2D eigenvalue weighted by atomic mass is 16.5. The molecule has 0 radical (unpaired) electrons. The van der Waals surface area contributed by atoms with Gasteiger partial charge in [-0.15, -0.1) is 0 Å². The lowest BCUT2D eigenvalue weighted by atomic mass is 10.0. The molecule has 4 heterocycles. The second-order valence-electron chi connectivity index (χ2n) is 8.05. The number of nitriles is 1. The molecule has 11 heteroatoms. The van der Waals surface area contributed by atoms with Crippen LogP contribution in [0.3, 0.4) is 0 Å². The maximum Gasteiger partial charge on any atom is 0.373 e. The predicted molar refractivity (Wildman–Crippen MR) is 125 cm³/mol. The number of morpholine rings is 1. The van der Waals surface area contributed by atoms with E-state index in [-0.39, 0.29) is 29.5 Å². The van der Waals surface area contributed by atoms with Crippen molar-refractivity contribution in [2.45, 2.75) is 13.5 Å². The number of rotatable bonds is 7. The molecule has 0 aliphatic carbocycles. The number of carboxylic acids is 1. The minimum absolute atomic E-state index is 0.00986. The molecular formula is C25H21N5O6. The summed E-state index contributed by atoms with van der Waals surface area (Å²) in [4.78, 5) is 22.1. The Kier molecular flexibility index (Phi) is 6.34. The maximum atomic E-state index is 11.4. The van der Waals surface area contributed by atoms with Crippen molar-refractivity contribution in [3.63, 3.8) is 0 Å². The molecule has 1 aromatic carbocycles. The third-order valence-electron chi connectivity index (χ3n) is 5.71. The number of oxazole rings is 1. The van der Waals surface area contributed by atoms with Crippen molar-refractivity contribution in [2.75, 3.05) is 31.2 Å². The molecule has 36 heavy (non-hydrogen) atoms. The number of anilines is 1. The molecule has 0 spiro atoms. The van der Waals surface area contributed by atoms with Gasteiger partial charge < -0.3 is 28.4 Å². The first-order chi connectivity index (χ1) is 17.5. The van der Waals surface area contributed by atoms with Gasteiger partial charge in [-0.3, -0.25) is 0 Å². The number of nitrogens with zero attached hydrogens (tertiary/aromatic N) is 5. The molecule has 1 N–H and O–H groups in total. The van der Waals surface area contributed by atoms with Crippen LogP contribution in [0.25, 0.3) is 22.6 Å². The minimum atomic E-state index is -1.27. The van der Waals surface area contributed by atoms with Crippen LogP contribution in [-0.2, 0) is 11.3 Å². The largest absolute Gasteiger partial charge is 0.475 e. The van der Waals surface area contributed by atoms with Crippen LogP contribution in [0.4, 0.5) is 5.69 Å². The molecule has 4 aromatic rings. The summed E-state index contributed by atoms with van der Waals surface area (Å²) in [5, 5.41) is 23.1. The fourth-order valence-electron chi connectivity index (χ4n) is 3.91. The molecule has 11 nitrogen and oxygen atoms in total. The monoisotopic (exact) mass is 487 g/mol. The number of hydrogen-bond donors (Lipinski definition) is 1. The molecular weight excluding hydrogens is 466 g/mol. The first-order valence-electron chi connectivity index (χ1n) is 11.1. The molecule has 1 fully saturated rings. The number of benzene rings is 1. The number of hydrogen-bond acceptors (Lipinski definition) is 10. The molecule has 0 bridgehead atoms. The van der Waals surface area contributed by atoms with Gasteiger partial charge in [0.2, 0.25) is 11.6 Å². The van der Waals surface area contributed by atoms with Crippen molar-refractivity contribution in [2.24, 2.45) is 0 Å². The van der Waals surface area contributed by atoms with Crippen molar-refractivity contribution in [3.8, 4) is 34.5 Å². The van der Waals surface area contributed by atoms with E-state index >= 15 is 0 Å². The van der Waals surface area contributed by atoms with Gasteiger partial charge in [-0.2, -0.15) is 5.26 Å². The number of aromatic carboxylic acids is 1. The van der Waals surface area contributed by atoms with Crippen LogP contribution < -0.4 is 9.64 Å². The Morgan fingerprint density at radius 2 is 2.00 bits per heavy atom. The van der Waals surface area contributed by atoms with Crippen LogP contribution in [0.5, 0.6) is 5.88 Å². The molecule has 1 aliphatic rings. The summed E-state index contributed by atoms with van der Waals surface area (Å²) in [6.45, 7) is 4.54. The normalized spacial score (nSPS) is 13.4. The lowest BCUT2D eigenvalue weighted by Gasteiger charge is -2.28. The van der Waals surface area contributed by atoms with Crippen molar-refractivity contribution in [3.05, 3.63) is 65.5 Å². The fraction of sp³-hybridized carbons (Fsp3) is 0.240. The second-order valence-corrected chi connectivity index (χ2v) is 8.05. The summed E-state index contributed by atoms with van der Waals surface area (Å²) in [6.07, 6.45) is 1.02. The highest BCUT2D eigenvalue weighted by molar-refractivity contribution is 5.85. The number of ether oxygens (including phenoxy) is 2. The number of carboxylic acid groups (broad SMARTS) is 1. The van der Waals surface area contributed by atoms with Crippen molar-refractivity contribution >= 4 is 11.7 Å². The van der Waals surface area contributed by atoms with Gasteiger partial charge in [0.1, 0.15) is 23.9 Å². The van der Waals surface area contributed by atoms with Gasteiger partial charge in [-0.25, -0.2) is 14.8 Å². The summed E-state index contributed by atoms with van der Waals surface area (Å²) >= 11 is 0. The number of aromatic nitrogens is 3. The van der Waals surface area contributed by atoms with Gasteiger partial charge in [0.05, 0.1) is 24.6 Å². The van der Waals surface area contributed by atoms with Crippen molar-refractivity contribution in [1.82, 2.24) is 15.1 Å². The van der Waals surface area contributed by atoms with E-state index in [1.165, 1.54) is 0 Å². The van der Waals surface area contributed by atoms with E-state index in [9.17, 15) is 15.2 Å². The summed E-state index contributed by atoms with van der Waals surface area (Å²) in [7, 11) is 0. The maximum absolute atomic E-state index is 11.4. The van der Waals surface area contributed by atoms with Crippen molar-refractivity contribution in [1.29, 1.82) is 5.26 Å². The lowest BCUT2D eigenvalue weighted by Crippen LogP contribution is -2.36. The number of aryl methyl sites for hydroxylation is 1. The van der Waals surface area contributed by atoms with Crippen LogP contribution in [0.15, 0.2) is 51.7 Å². The first-order valence-corrected chi connectivity index (χ1v) is 11.1. The van der Waals surface area contributed by atoms with E-state index in [1.54, 1.807) is 19.1 Å². The standard InChI is InChI=1S/C25H21N5O6/c1-15-10-22(36-29-15)18-11-20(16-2-4-17(5-3-16)30-6-8-33-9-7-30)28-24(19(18)12-26)34-13-21-23(25(31)32)35-14-27-21/h2-5,10-11,14H,6-9,13H2,1H3,(H,31,32). The van der Waals surface area contributed by atoms with E-state index in [4.69, 9.17) is 18.4 Å². The highest BCUT2D eigenvalue weighted by Gasteiger charge is 2.22. The van der Waals surface area contributed by atoms with Crippen LogP contribution in [0.2, 0.25) is 0 Å². The number of carbonyl (C=O) groups is 1. The van der Waals surface area contributed by atoms with Crippen LogP contribution >= 0.6 is 0 Å². The molecule has 1 saturated heterocycles. The summed E-state index contributed by atoms with van der Waals surface area (Å²) < 4.78 is 21.6. The molecule has 182 valence electrons. The third-order valence-corrected chi connectivity index (χ3v) is 5.71. The van der Waals surface area contributed by atoms with Gasteiger partial charge in [0.25, 0.3) is 0 Å². The predicted octanol–water partition coefficient (Wildman–Crippen LogP) is 3.69. The lowest BCUT2D eigenvalue weighted by molar-refractivity contribution is 0.0658. The zero-order valence-electron chi connectivity index (χ0n) is 19.3. The fourth-order valence-corrected chi connectivity index (χ4v) is 3.91. The Morgan fingerprint density at radius 1 is 1.22 bits per heavy atom. The SMILES string of the molecule is Cc1cc(-c2cc(-c3ccc(N4CCOCC4)cc3)nc(OCc3ncoc3C(=O)O)c2C#N)on1. The van der Waals surface area contributed by atoms with E-state index in [2.05, 4.69) is 26.1 Å². The molecule has 1 aliphatic heterocycles. The van der Waals surface area contributed by atoms with E-state index in [1.807, 2.05) is 24.3 Å².